The molecule has 1 nitrogen and oxygen atoms in total. The highest BCUT2D eigenvalue weighted by molar-refractivity contribution is 5.28. The molecule has 1 N–H and O–H groups in total. The third kappa shape index (κ3) is 4.34. The highest BCUT2D eigenvalue weighted by Crippen LogP contribution is 2.30. The minimum atomic E-state index is 0.471. The Labute approximate surface area is 125 Å². The second-order valence-corrected chi connectivity index (χ2v) is 7.10. The predicted octanol–water partition coefficient (Wildman–Crippen LogP) is 5.25. The van der Waals surface area contributed by atoms with Gasteiger partial charge in [0, 0.05) is 12.1 Å². The summed E-state index contributed by atoms with van der Waals surface area (Å²) in [5.74, 6) is 1.78. The summed E-state index contributed by atoms with van der Waals surface area (Å²) in [6.45, 7) is 9.24. The van der Waals surface area contributed by atoms with Crippen molar-refractivity contribution in [1.82, 2.24) is 5.32 Å². The normalized spacial score (nSPS) is 24.9. The summed E-state index contributed by atoms with van der Waals surface area (Å²) in [4.78, 5) is 0. The van der Waals surface area contributed by atoms with Crippen molar-refractivity contribution in [2.75, 3.05) is 0 Å². The summed E-state index contributed by atoms with van der Waals surface area (Å²) in [5, 5.41) is 3.88. The van der Waals surface area contributed by atoms with Crippen LogP contribution < -0.4 is 5.32 Å². The molecular weight excluding hydrogens is 242 g/mol. The van der Waals surface area contributed by atoms with E-state index < -0.39 is 0 Å². The lowest BCUT2D eigenvalue weighted by molar-refractivity contribution is 0.242. The Morgan fingerprint density at radius 3 is 2.60 bits per heavy atom. The third-order valence-electron chi connectivity index (χ3n) is 4.73. The van der Waals surface area contributed by atoms with E-state index in [1.807, 2.05) is 0 Å². The van der Waals surface area contributed by atoms with Crippen molar-refractivity contribution in [2.24, 2.45) is 11.8 Å². The molecule has 0 spiro atoms. The number of aryl methyl sites for hydroxylation is 1. The molecule has 1 heteroatoms. The van der Waals surface area contributed by atoms with E-state index in [9.17, 15) is 0 Å². The molecule has 3 unspecified atom stereocenters. The van der Waals surface area contributed by atoms with E-state index >= 15 is 0 Å². The zero-order valence-corrected chi connectivity index (χ0v) is 13.7. The summed E-state index contributed by atoms with van der Waals surface area (Å²) in [6.07, 6.45) is 6.96. The number of nitrogens with one attached hydrogen (secondary N) is 1. The molecule has 1 aromatic rings. The fourth-order valence-electron chi connectivity index (χ4n) is 3.84. The topological polar surface area (TPSA) is 12.0 Å². The summed E-state index contributed by atoms with van der Waals surface area (Å²) in [6, 6.07) is 9.95. The molecule has 112 valence electrons. The highest BCUT2D eigenvalue weighted by atomic mass is 14.9. The first-order valence-corrected chi connectivity index (χ1v) is 8.37. The average Bonchev–Trinajstić information content (AvgIpc) is 2.38. The predicted molar refractivity (Wildman–Crippen MR) is 87.9 cm³/mol. The van der Waals surface area contributed by atoms with Crippen molar-refractivity contribution in [3.63, 3.8) is 0 Å². The van der Waals surface area contributed by atoms with Gasteiger partial charge in [-0.05, 0) is 56.1 Å². The average molecular weight is 273 g/mol. The van der Waals surface area contributed by atoms with Gasteiger partial charge in [0.15, 0.2) is 0 Å². The maximum atomic E-state index is 3.88. The number of hydrogen-bond donors (Lipinski definition) is 1. The van der Waals surface area contributed by atoms with Crippen LogP contribution in [0.4, 0.5) is 0 Å². The van der Waals surface area contributed by atoms with Gasteiger partial charge in [0.25, 0.3) is 0 Å². The first-order valence-electron chi connectivity index (χ1n) is 8.37. The monoisotopic (exact) mass is 273 g/mol. The number of hydrogen-bond acceptors (Lipinski definition) is 1. The van der Waals surface area contributed by atoms with E-state index in [-0.39, 0.29) is 0 Å². The van der Waals surface area contributed by atoms with Gasteiger partial charge in [0.2, 0.25) is 0 Å². The molecule has 0 bridgehead atoms. The maximum Gasteiger partial charge on any atom is 0.0296 e. The van der Waals surface area contributed by atoms with Crippen LogP contribution in [0.25, 0.3) is 0 Å². The van der Waals surface area contributed by atoms with Crippen LogP contribution in [0, 0.1) is 18.8 Å². The van der Waals surface area contributed by atoms with Gasteiger partial charge in [-0.25, -0.2) is 0 Å². The molecule has 0 radical (unpaired) electrons. The quantitative estimate of drug-likeness (QED) is 0.772. The Kier molecular flexibility index (Phi) is 5.65. The van der Waals surface area contributed by atoms with Crippen LogP contribution in [0.5, 0.6) is 0 Å². The van der Waals surface area contributed by atoms with Crippen LogP contribution in [0.2, 0.25) is 0 Å². The van der Waals surface area contributed by atoms with Gasteiger partial charge in [-0.2, -0.15) is 0 Å². The van der Waals surface area contributed by atoms with Gasteiger partial charge < -0.3 is 5.32 Å². The van der Waals surface area contributed by atoms with Crippen LogP contribution in [-0.4, -0.2) is 6.04 Å². The molecular formula is C19H31N. The van der Waals surface area contributed by atoms with Crippen molar-refractivity contribution in [3.05, 3.63) is 35.4 Å². The highest BCUT2D eigenvalue weighted by Gasteiger charge is 2.24. The third-order valence-corrected chi connectivity index (χ3v) is 4.73. The van der Waals surface area contributed by atoms with Crippen molar-refractivity contribution in [1.29, 1.82) is 0 Å². The summed E-state index contributed by atoms with van der Waals surface area (Å²) >= 11 is 0. The molecule has 1 saturated carbocycles. The van der Waals surface area contributed by atoms with Gasteiger partial charge in [0.05, 0.1) is 0 Å². The van der Waals surface area contributed by atoms with Gasteiger partial charge in [-0.15, -0.1) is 0 Å². The van der Waals surface area contributed by atoms with Gasteiger partial charge >= 0.3 is 0 Å². The Balaban J connectivity index is 1.91. The van der Waals surface area contributed by atoms with Crippen molar-refractivity contribution < 1.29 is 0 Å². The first kappa shape index (κ1) is 15.6. The molecule has 1 aliphatic carbocycles. The molecule has 3 atom stereocenters. The number of rotatable bonds is 5. The zero-order chi connectivity index (χ0) is 14.5. The van der Waals surface area contributed by atoms with E-state index in [4.69, 9.17) is 0 Å². The van der Waals surface area contributed by atoms with Crippen molar-refractivity contribution in [3.8, 4) is 0 Å². The molecule has 1 fully saturated rings. The van der Waals surface area contributed by atoms with Crippen molar-refractivity contribution in [2.45, 2.75) is 71.9 Å². The molecule has 20 heavy (non-hydrogen) atoms. The minimum absolute atomic E-state index is 0.471. The van der Waals surface area contributed by atoms with E-state index in [2.05, 4.69) is 57.3 Å². The van der Waals surface area contributed by atoms with Crippen LogP contribution in [-0.2, 0) is 0 Å². The summed E-state index contributed by atoms with van der Waals surface area (Å²) in [5.41, 5.74) is 2.86. The summed E-state index contributed by atoms with van der Waals surface area (Å²) in [7, 11) is 0. The maximum absolute atomic E-state index is 3.88. The van der Waals surface area contributed by atoms with E-state index in [1.54, 1.807) is 0 Å². The van der Waals surface area contributed by atoms with Crippen LogP contribution >= 0.6 is 0 Å². The molecule has 2 rings (SSSR count). The summed E-state index contributed by atoms with van der Waals surface area (Å²) < 4.78 is 0. The standard InChI is InChI=1S/C19H31N/c1-14(2)12-17-9-7-10-18(13-17)20-16(4)19-11-6-5-8-15(19)3/h5-6,8,11,14,16-18,20H,7,9-10,12-13H2,1-4H3. The lowest BCUT2D eigenvalue weighted by Gasteiger charge is -2.33. The molecule has 1 aromatic carbocycles. The Morgan fingerprint density at radius 2 is 1.90 bits per heavy atom. The lowest BCUT2D eigenvalue weighted by Crippen LogP contribution is -2.36. The molecule has 0 amide bonds. The molecule has 1 aliphatic rings. The van der Waals surface area contributed by atoms with Gasteiger partial charge in [-0.1, -0.05) is 51.0 Å². The fraction of sp³-hybridized carbons (Fsp3) is 0.684. The van der Waals surface area contributed by atoms with Gasteiger partial charge in [0.1, 0.15) is 0 Å². The van der Waals surface area contributed by atoms with Crippen LogP contribution in [0.15, 0.2) is 24.3 Å². The first-order chi connectivity index (χ1) is 9.56. The van der Waals surface area contributed by atoms with Crippen LogP contribution in [0.1, 0.15) is 70.0 Å². The second kappa shape index (κ2) is 7.26. The van der Waals surface area contributed by atoms with E-state index in [1.165, 1.54) is 43.2 Å². The Bertz CT molecular complexity index is 410. The number of benzene rings is 1. The lowest BCUT2D eigenvalue weighted by atomic mass is 9.81. The Morgan fingerprint density at radius 1 is 1.15 bits per heavy atom. The van der Waals surface area contributed by atoms with E-state index in [0.29, 0.717) is 12.1 Å². The molecule has 0 saturated heterocycles. The fourth-order valence-corrected chi connectivity index (χ4v) is 3.84. The smallest absolute Gasteiger partial charge is 0.0296 e. The Hall–Kier alpha value is -0.820. The van der Waals surface area contributed by atoms with Gasteiger partial charge in [-0.3, -0.25) is 0 Å². The second-order valence-electron chi connectivity index (χ2n) is 7.10. The SMILES string of the molecule is Cc1ccccc1C(C)NC1CCCC(CC(C)C)C1. The zero-order valence-electron chi connectivity index (χ0n) is 13.7. The minimum Gasteiger partial charge on any atom is -0.307 e. The molecule has 0 aromatic heterocycles. The van der Waals surface area contributed by atoms with E-state index in [0.717, 1.165) is 11.8 Å². The van der Waals surface area contributed by atoms with Crippen LogP contribution in [0.3, 0.4) is 0 Å². The largest absolute Gasteiger partial charge is 0.307 e. The van der Waals surface area contributed by atoms with Crippen molar-refractivity contribution >= 4 is 0 Å². The molecule has 0 heterocycles. The molecule has 0 aliphatic heterocycles.